The van der Waals surface area contributed by atoms with Crippen LogP contribution in [0.4, 0.5) is 5.69 Å². The number of aromatic nitrogens is 1. The summed E-state index contributed by atoms with van der Waals surface area (Å²) < 4.78 is 10.6. The van der Waals surface area contributed by atoms with Crippen LogP contribution in [0.25, 0.3) is 16.3 Å². The van der Waals surface area contributed by atoms with Crippen LogP contribution in [0.2, 0.25) is 0 Å². The van der Waals surface area contributed by atoms with Gasteiger partial charge in [0.15, 0.2) is 11.5 Å². The Balaban J connectivity index is 1.71. The number of carboxylic acid groups (broad SMARTS) is 1. The number of phenols is 1. The van der Waals surface area contributed by atoms with E-state index in [1.165, 1.54) is 43.8 Å². The number of rotatable bonds is 7. The van der Waals surface area contributed by atoms with E-state index in [1.807, 2.05) is 5.38 Å². The highest BCUT2D eigenvalue weighted by molar-refractivity contribution is 7.13. The molecule has 1 atom stereocenters. The van der Waals surface area contributed by atoms with Crippen LogP contribution in [0, 0.1) is 0 Å². The van der Waals surface area contributed by atoms with Gasteiger partial charge in [-0.3, -0.25) is 14.5 Å². The van der Waals surface area contributed by atoms with Gasteiger partial charge in [-0.05, 0) is 42.0 Å². The third kappa shape index (κ3) is 4.52. The van der Waals surface area contributed by atoms with E-state index in [-0.39, 0.29) is 16.8 Å². The number of anilines is 1. The van der Waals surface area contributed by atoms with E-state index in [2.05, 4.69) is 4.98 Å². The van der Waals surface area contributed by atoms with Gasteiger partial charge in [0.05, 0.1) is 25.8 Å². The van der Waals surface area contributed by atoms with E-state index in [1.54, 1.807) is 36.5 Å². The van der Waals surface area contributed by atoms with Crippen molar-refractivity contribution in [1.82, 2.24) is 4.98 Å². The SMILES string of the molecule is COc1ccc(C(O)=C2C(=O)C(=O)N(c3ccc(O)c(C(=O)O)c3)C2c2ccc(-c3nccs3)cc2)cc1OC. The first-order valence-corrected chi connectivity index (χ1v) is 12.7. The lowest BCUT2D eigenvalue weighted by Crippen LogP contribution is -2.29. The average molecular weight is 559 g/mol. The molecule has 1 amide bonds. The molecule has 1 aromatic heterocycles. The number of Topliss-reactive ketones (excluding diaryl/α,β-unsaturated/α-hetero) is 1. The van der Waals surface area contributed by atoms with Gasteiger partial charge < -0.3 is 24.8 Å². The lowest BCUT2D eigenvalue weighted by Gasteiger charge is -2.26. The predicted octanol–water partition coefficient (Wildman–Crippen LogP) is 4.86. The van der Waals surface area contributed by atoms with Gasteiger partial charge in [0.1, 0.15) is 22.1 Å². The fraction of sp³-hybridized carbons (Fsp3) is 0.103. The Morgan fingerprint density at radius 3 is 2.30 bits per heavy atom. The first-order valence-electron chi connectivity index (χ1n) is 11.8. The molecule has 1 aliphatic rings. The lowest BCUT2D eigenvalue weighted by atomic mass is 9.94. The van der Waals surface area contributed by atoms with E-state index >= 15 is 0 Å². The number of aromatic hydroxyl groups is 1. The van der Waals surface area contributed by atoms with E-state index < -0.39 is 40.8 Å². The van der Waals surface area contributed by atoms with Gasteiger partial charge in [0.2, 0.25) is 0 Å². The number of amides is 1. The molecule has 1 fully saturated rings. The molecular weight excluding hydrogens is 536 g/mol. The zero-order valence-electron chi connectivity index (χ0n) is 21.2. The monoisotopic (exact) mass is 558 g/mol. The van der Waals surface area contributed by atoms with Gasteiger partial charge >= 0.3 is 5.97 Å². The number of hydrogen-bond acceptors (Lipinski definition) is 9. The molecule has 2 heterocycles. The quantitative estimate of drug-likeness (QED) is 0.164. The zero-order chi connectivity index (χ0) is 28.6. The van der Waals surface area contributed by atoms with Crippen LogP contribution in [0.5, 0.6) is 17.2 Å². The highest BCUT2D eigenvalue weighted by Crippen LogP contribution is 2.44. The molecule has 40 heavy (non-hydrogen) atoms. The molecule has 0 spiro atoms. The molecule has 3 aromatic carbocycles. The third-order valence-electron chi connectivity index (χ3n) is 6.50. The van der Waals surface area contributed by atoms with Crippen LogP contribution in [-0.2, 0) is 9.59 Å². The number of carbonyl (C=O) groups excluding carboxylic acids is 2. The molecule has 10 nitrogen and oxygen atoms in total. The molecule has 0 saturated carbocycles. The van der Waals surface area contributed by atoms with E-state index in [4.69, 9.17) is 9.47 Å². The molecule has 1 aliphatic heterocycles. The standard InChI is InChI=1S/C29H22N2O8S/c1-38-21-10-7-17(13-22(21)39-2)25(33)23-24(15-3-5-16(6-4-15)27-30-11-12-40-27)31(28(35)26(23)34)18-8-9-20(32)19(14-18)29(36)37/h3-14,24,32-33H,1-2H3,(H,36,37). The summed E-state index contributed by atoms with van der Waals surface area (Å²) in [5.41, 5.74) is 0.899. The molecule has 3 N–H and O–H groups in total. The summed E-state index contributed by atoms with van der Waals surface area (Å²) in [7, 11) is 2.89. The number of ketones is 1. The minimum absolute atomic E-state index is 0.0534. The molecule has 11 heteroatoms. The molecule has 202 valence electrons. The van der Waals surface area contributed by atoms with Crippen LogP contribution in [0.3, 0.4) is 0 Å². The second kappa shape index (κ2) is 10.5. The fourth-order valence-electron chi connectivity index (χ4n) is 4.57. The topological polar surface area (TPSA) is 146 Å². The van der Waals surface area contributed by atoms with Crippen LogP contribution >= 0.6 is 11.3 Å². The third-order valence-corrected chi connectivity index (χ3v) is 7.32. The van der Waals surface area contributed by atoms with Crippen molar-refractivity contribution in [3.63, 3.8) is 0 Å². The minimum atomic E-state index is -1.41. The van der Waals surface area contributed by atoms with Crippen LogP contribution in [0.1, 0.15) is 27.5 Å². The summed E-state index contributed by atoms with van der Waals surface area (Å²) in [5, 5.41) is 33.6. The van der Waals surface area contributed by atoms with Crippen molar-refractivity contribution in [3.05, 3.63) is 94.5 Å². The van der Waals surface area contributed by atoms with Crippen molar-refractivity contribution >= 4 is 40.4 Å². The normalized spacial score (nSPS) is 16.2. The summed E-state index contributed by atoms with van der Waals surface area (Å²) >= 11 is 1.45. The summed E-state index contributed by atoms with van der Waals surface area (Å²) in [6, 6.07) is 14.0. The molecule has 5 rings (SSSR count). The number of aliphatic hydroxyl groups excluding tert-OH is 1. The Morgan fingerprint density at radius 2 is 1.68 bits per heavy atom. The number of carboxylic acids is 1. The number of hydrogen-bond donors (Lipinski definition) is 3. The second-order valence-electron chi connectivity index (χ2n) is 8.70. The molecule has 1 unspecified atom stereocenters. The van der Waals surface area contributed by atoms with Gasteiger partial charge in [-0.2, -0.15) is 0 Å². The Bertz CT molecular complexity index is 1660. The Morgan fingerprint density at radius 1 is 0.950 bits per heavy atom. The smallest absolute Gasteiger partial charge is 0.339 e. The number of benzene rings is 3. The highest BCUT2D eigenvalue weighted by Gasteiger charge is 2.47. The van der Waals surface area contributed by atoms with Crippen molar-refractivity contribution in [1.29, 1.82) is 0 Å². The second-order valence-corrected chi connectivity index (χ2v) is 9.60. The maximum absolute atomic E-state index is 13.5. The predicted molar refractivity (Wildman–Crippen MR) is 147 cm³/mol. The first-order chi connectivity index (χ1) is 19.2. The van der Waals surface area contributed by atoms with E-state index in [0.29, 0.717) is 17.1 Å². The Labute approximate surface area is 232 Å². The fourth-order valence-corrected chi connectivity index (χ4v) is 5.22. The van der Waals surface area contributed by atoms with Gasteiger partial charge in [0, 0.05) is 28.4 Å². The molecule has 4 aromatic rings. The Kier molecular flexibility index (Phi) is 6.97. The highest BCUT2D eigenvalue weighted by atomic mass is 32.1. The van der Waals surface area contributed by atoms with E-state index in [0.717, 1.165) is 27.6 Å². The maximum Gasteiger partial charge on any atom is 0.339 e. The van der Waals surface area contributed by atoms with Gasteiger partial charge in [-0.15, -0.1) is 11.3 Å². The number of methoxy groups -OCH3 is 2. The minimum Gasteiger partial charge on any atom is -0.507 e. The Hall–Kier alpha value is -5.16. The van der Waals surface area contributed by atoms with E-state index in [9.17, 15) is 29.7 Å². The molecule has 0 aliphatic carbocycles. The summed E-state index contributed by atoms with van der Waals surface area (Å²) in [6.45, 7) is 0. The van der Waals surface area contributed by atoms with Crippen molar-refractivity contribution in [2.45, 2.75) is 6.04 Å². The van der Waals surface area contributed by atoms with Crippen LogP contribution < -0.4 is 14.4 Å². The lowest BCUT2D eigenvalue weighted by molar-refractivity contribution is -0.132. The molecule has 0 bridgehead atoms. The number of carbonyl (C=O) groups is 3. The van der Waals surface area contributed by atoms with Crippen molar-refractivity contribution in [2.24, 2.45) is 0 Å². The molecule has 0 radical (unpaired) electrons. The number of ether oxygens (including phenoxy) is 2. The van der Waals surface area contributed by atoms with Crippen molar-refractivity contribution < 1.29 is 39.2 Å². The summed E-state index contributed by atoms with van der Waals surface area (Å²) in [6.07, 6.45) is 1.68. The summed E-state index contributed by atoms with van der Waals surface area (Å²) in [5.74, 6) is -3.60. The largest absolute Gasteiger partial charge is 0.507 e. The van der Waals surface area contributed by atoms with Gasteiger partial charge in [-0.25, -0.2) is 9.78 Å². The van der Waals surface area contributed by atoms with Crippen molar-refractivity contribution in [3.8, 4) is 27.8 Å². The van der Waals surface area contributed by atoms with Gasteiger partial charge in [-0.1, -0.05) is 24.3 Å². The van der Waals surface area contributed by atoms with Crippen LogP contribution in [0.15, 0.2) is 77.8 Å². The number of aromatic carboxylic acids is 1. The number of nitrogens with zero attached hydrogens (tertiary/aromatic N) is 2. The van der Waals surface area contributed by atoms with Crippen molar-refractivity contribution in [2.75, 3.05) is 19.1 Å². The average Bonchev–Trinajstić information content (AvgIpc) is 3.59. The summed E-state index contributed by atoms with van der Waals surface area (Å²) in [4.78, 5) is 44.0. The van der Waals surface area contributed by atoms with Gasteiger partial charge in [0.25, 0.3) is 11.7 Å². The number of aliphatic hydroxyl groups is 1. The number of thiazole rings is 1. The zero-order valence-corrected chi connectivity index (χ0v) is 22.0. The molecule has 1 saturated heterocycles. The molecular formula is C29H22N2O8S. The maximum atomic E-state index is 13.5. The first kappa shape index (κ1) is 26.4. The van der Waals surface area contributed by atoms with Crippen LogP contribution in [-0.4, -0.2) is 52.2 Å².